The lowest BCUT2D eigenvalue weighted by Crippen LogP contribution is -2.42. The van der Waals surface area contributed by atoms with Crippen LogP contribution in [0.2, 0.25) is 5.02 Å². The number of hydrogen-bond acceptors (Lipinski definition) is 2. The standard InChI is InChI=1S/C14H19Cl2N3/c1-14(2,18(3)4)9-19-12-7-10(16)5-6-11(12)17-13(19)8-15/h5-7H,8-9H2,1-4H3. The van der Waals surface area contributed by atoms with Crippen LogP contribution in [0.15, 0.2) is 18.2 Å². The normalized spacial score (nSPS) is 12.6. The zero-order valence-electron chi connectivity index (χ0n) is 11.7. The lowest BCUT2D eigenvalue weighted by molar-refractivity contribution is 0.170. The van der Waals surface area contributed by atoms with E-state index in [1.54, 1.807) is 0 Å². The molecule has 0 amide bonds. The second-order valence-corrected chi connectivity index (χ2v) is 6.29. The van der Waals surface area contributed by atoms with E-state index in [1.165, 1.54) is 0 Å². The Labute approximate surface area is 124 Å². The summed E-state index contributed by atoms with van der Waals surface area (Å²) >= 11 is 12.1. The highest BCUT2D eigenvalue weighted by molar-refractivity contribution is 6.31. The molecule has 1 heterocycles. The maximum Gasteiger partial charge on any atom is 0.124 e. The highest BCUT2D eigenvalue weighted by Crippen LogP contribution is 2.24. The largest absolute Gasteiger partial charge is 0.325 e. The maximum absolute atomic E-state index is 6.09. The average molecular weight is 300 g/mol. The van der Waals surface area contributed by atoms with E-state index in [2.05, 4.69) is 42.4 Å². The molecule has 2 aromatic rings. The summed E-state index contributed by atoms with van der Waals surface area (Å²) in [5, 5.41) is 0.720. The van der Waals surface area contributed by atoms with Crippen LogP contribution in [0.25, 0.3) is 11.0 Å². The molecule has 0 N–H and O–H groups in total. The van der Waals surface area contributed by atoms with E-state index in [1.807, 2.05) is 18.2 Å². The van der Waals surface area contributed by atoms with Crippen molar-refractivity contribution in [2.45, 2.75) is 31.8 Å². The molecule has 1 aromatic carbocycles. The molecular formula is C14H19Cl2N3. The lowest BCUT2D eigenvalue weighted by atomic mass is 10.0. The monoisotopic (exact) mass is 299 g/mol. The molecule has 0 saturated heterocycles. The molecule has 2 rings (SSSR count). The number of hydrogen-bond donors (Lipinski definition) is 0. The Bertz CT molecular complexity index is 588. The van der Waals surface area contributed by atoms with Gasteiger partial charge in [0.1, 0.15) is 5.82 Å². The predicted molar refractivity (Wildman–Crippen MR) is 82.1 cm³/mol. The number of benzene rings is 1. The van der Waals surface area contributed by atoms with Crippen LogP contribution in [0, 0.1) is 0 Å². The maximum atomic E-state index is 6.09. The molecule has 104 valence electrons. The summed E-state index contributed by atoms with van der Waals surface area (Å²) in [6, 6.07) is 5.74. The predicted octanol–water partition coefficient (Wildman–Crippen LogP) is 3.77. The minimum absolute atomic E-state index is 0.0107. The summed E-state index contributed by atoms with van der Waals surface area (Å²) in [5.41, 5.74) is 1.99. The number of alkyl halides is 1. The van der Waals surface area contributed by atoms with Crippen molar-refractivity contribution in [3.8, 4) is 0 Å². The fraction of sp³-hybridized carbons (Fsp3) is 0.500. The Morgan fingerprint density at radius 2 is 2.00 bits per heavy atom. The molecule has 0 aliphatic carbocycles. The van der Waals surface area contributed by atoms with Crippen molar-refractivity contribution in [3.05, 3.63) is 29.0 Å². The topological polar surface area (TPSA) is 21.1 Å². The van der Waals surface area contributed by atoms with Crippen molar-refractivity contribution in [1.29, 1.82) is 0 Å². The highest BCUT2D eigenvalue weighted by atomic mass is 35.5. The van der Waals surface area contributed by atoms with Gasteiger partial charge in [0.05, 0.1) is 16.9 Å². The third-order valence-electron chi connectivity index (χ3n) is 3.66. The molecule has 1 aromatic heterocycles. The van der Waals surface area contributed by atoms with Crippen molar-refractivity contribution in [3.63, 3.8) is 0 Å². The second kappa shape index (κ2) is 5.31. The Morgan fingerprint density at radius 1 is 1.32 bits per heavy atom. The molecule has 0 radical (unpaired) electrons. The minimum Gasteiger partial charge on any atom is -0.325 e. The summed E-state index contributed by atoms with van der Waals surface area (Å²) < 4.78 is 2.16. The van der Waals surface area contributed by atoms with E-state index in [-0.39, 0.29) is 5.54 Å². The number of rotatable bonds is 4. The smallest absolute Gasteiger partial charge is 0.124 e. The summed E-state index contributed by atoms with van der Waals surface area (Å²) in [6.07, 6.45) is 0. The van der Waals surface area contributed by atoms with Gasteiger partial charge in [-0.1, -0.05) is 11.6 Å². The molecule has 3 nitrogen and oxygen atoms in total. The Kier molecular flexibility index (Phi) is 4.09. The number of likely N-dealkylation sites (N-methyl/N-ethyl adjacent to an activating group) is 1. The highest BCUT2D eigenvalue weighted by Gasteiger charge is 2.23. The first kappa shape index (κ1) is 14.6. The first-order chi connectivity index (χ1) is 8.85. The summed E-state index contributed by atoms with van der Waals surface area (Å²) in [7, 11) is 4.15. The minimum atomic E-state index is 0.0107. The van der Waals surface area contributed by atoms with Crippen molar-refractivity contribution in [2.75, 3.05) is 14.1 Å². The van der Waals surface area contributed by atoms with Gasteiger partial charge in [0.2, 0.25) is 0 Å². The van der Waals surface area contributed by atoms with Crippen LogP contribution in [0.5, 0.6) is 0 Å². The SMILES string of the molecule is CN(C)C(C)(C)Cn1c(CCl)nc2ccc(Cl)cc21. The van der Waals surface area contributed by atoms with E-state index < -0.39 is 0 Å². The van der Waals surface area contributed by atoms with Crippen LogP contribution in [-0.4, -0.2) is 34.1 Å². The van der Waals surface area contributed by atoms with Gasteiger partial charge in [-0.2, -0.15) is 0 Å². The van der Waals surface area contributed by atoms with Gasteiger partial charge in [-0.05, 0) is 46.1 Å². The molecule has 19 heavy (non-hydrogen) atoms. The number of aromatic nitrogens is 2. The average Bonchev–Trinajstić information content (AvgIpc) is 2.66. The second-order valence-electron chi connectivity index (χ2n) is 5.59. The first-order valence-electron chi connectivity index (χ1n) is 6.23. The third kappa shape index (κ3) is 2.88. The van der Waals surface area contributed by atoms with Crippen LogP contribution in [-0.2, 0) is 12.4 Å². The van der Waals surface area contributed by atoms with Gasteiger partial charge in [-0.15, -0.1) is 11.6 Å². The third-order valence-corrected chi connectivity index (χ3v) is 4.14. The molecule has 0 atom stereocenters. The zero-order chi connectivity index (χ0) is 14.2. The molecule has 0 aliphatic rings. The summed E-state index contributed by atoms with van der Waals surface area (Å²) in [5.74, 6) is 1.28. The van der Waals surface area contributed by atoms with Crippen molar-refractivity contribution in [2.24, 2.45) is 0 Å². The van der Waals surface area contributed by atoms with Crippen molar-refractivity contribution in [1.82, 2.24) is 14.5 Å². The van der Waals surface area contributed by atoms with Gasteiger partial charge in [0.25, 0.3) is 0 Å². The fourth-order valence-corrected chi connectivity index (χ4v) is 2.32. The zero-order valence-corrected chi connectivity index (χ0v) is 13.3. The molecule has 5 heteroatoms. The van der Waals surface area contributed by atoms with Crippen LogP contribution in [0.4, 0.5) is 0 Å². The van der Waals surface area contributed by atoms with E-state index >= 15 is 0 Å². The molecular weight excluding hydrogens is 281 g/mol. The van der Waals surface area contributed by atoms with Crippen LogP contribution < -0.4 is 0 Å². The number of imidazole rings is 1. The van der Waals surface area contributed by atoms with Crippen molar-refractivity contribution >= 4 is 34.2 Å². The first-order valence-corrected chi connectivity index (χ1v) is 7.14. The van der Waals surface area contributed by atoms with Gasteiger partial charge in [-0.25, -0.2) is 4.98 Å². The molecule has 0 bridgehead atoms. The van der Waals surface area contributed by atoms with Crippen LogP contribution in [0.3, 0.4) is 0 Å². The van der Waals surface area contributed by atoms with Crippen molar-refractivity contribution < 1.29 is 0 Å². The summed E-state index contributed by atoms with van der Waals surface area (Å²) in [6.45, 7) is 5.21. The van der Waals surface area contributed by atoms with Gasteiger partial charge in [-0.3, -0.25) is 0 Å². The van der Waals surface area contributed by atoms with E-state index in [0.717, 1.165) is 28.4 Å². The molecule has 0 spiro atoms. The number of halogens is 2. The Balaban J connectivity index is 2.54. The van der Waals surface area contributed by atoms with E-state index in [4.69, 9.17) is 23.2 Å². The number of fused-ring (bicyclic) bond motifs is 1. The van der Waals surface area contributed by atoms with Gasteiger partial charge < -0.3 is 9.47 Å². The number of nitrogens with zero attached hydrogens (tertiary/aromatic N) is 3. The fourth-order valence-electron chi connectivity index (χ4n) is 1.95. The molecule has 0 fully saturated rings. The molecule has 0 aliphatic heterocycles. The van der Waals surface area contributed by atoms with Gasteiger partial charge in [0.15, 0.2) is 0 Å². The summed E-state index contributed by atoms with van der Waals surface area (Å²) in [4.78, 5) is 6.77. The Hall–Kier alpha value is -0.770. The lowest BCUT2D eigenvalue weighted by Gasteiger charge is -2.33. The van der Waals surface area contributed by atoms with Crippen LogP contribution >= 0.6 is 23.2 Å². The quantitative estimate of drug-likeness (QED) is 0.801. The van der Waals surface area contributed by atoms with E-state index in [9.17, 15) is 0 Å². The molecule has 0 saturated carbocycles. The Morgan fingerprint density at radius 3 is 2.58 bits per heavy atom. The van der Waals surface area contributed by atoms with Gasteiger partial charge in [0, 0.05) is 17.1 Å². The van der Waals surface area contributed by atoms with Crippen LogP contribution in [0.1, 0.15) is 19.7 Å². The van der Waals surface area contributed by atoms with Gasteiger partial charge >= 0.3 is 0 Å². The molecule has 0 unspecified atom stereocenters. The van der Waals surface area contributed by atoms with E-state index in [0.29, 0.717) is 5.88 Å².